The second-order valence-corrected chi connectivity index (χ2v) is 8.94. The number of hydrogen-bond donors (Lipinski definition) is 1. The average Bonchev–Trinajstić information content (AvgIpc) is 3.21. The number of benzene rings is 3. The molecule has 7 nitrogen and oxygen atoms in total. The largest absolute Gasteiger partial charge is 0.492 e. The molecule has 0 aliphatic carbocycles. The van der Waals surface area contributed by atoms with E-state index in [1.54, 1.807) is 36.0 Å². The Hall–Kier alpha value is -3.74. The lowest BCUT2D eigenvalue weighted by atomic mass is 10.2. The molecule has 0 bridgehead atoms. The first kappa shape index (κ1) is 21.5. The van der Waals surface area contributed by atoms with Gasteiger partial charge in [-0.3, -0.25) is 0 Å². The molecule has 9 heteroatoms. The summed E-state index contributed by atoms with van der Waals surface area (Å²) in [6.07, 6.45) is 1.68. The number of halogens is 1. The van der Waals surface area contributed by atoms with Gasteiger partial charge in [0.05, 0.1) is 40.0 Å². The highest BCUT2D eigenvalue weighted by molar-refractivity contribution is 7.89. The standard InChI is InChI=1S/C23H19FN4O3S/c1-16(27-32(29,30)22-9-2-17(13-25)3-10-22)15-31-21-8-11-23-18(12-21)14-26-28(23)20-6-4-19(24)5-7-20/h2-12,14,16,27H,15H2,1H3/t16-/m0/s1. The van der Waals surface area contributed by atoms with E-state index in [1.165, 1.54) is 36.4 Å². The van der Waals surface area contributed by atoms with Crippen LogP contribution >= 0.6 is 0 Å². The third kappa shape index (κ3) is 4.61. The van der Waals surface area contributed by atoms with E-state index in [2.05, 4.69) is 9.82 Å². The van der Waals surface area contributed by atoms with Crippen molar-refractivity contribution in [3.8, 4) is 17.5 Å². The number of ether oxygens (including phenoxy) is 1. The Bertz CT molecular complexity index is 1390. The highest BCUT2D eigenvalue weighted by atomic mass is 32.2. The number of aromatic nitrogens is 2. The minimum absolute atomic E-state index is 0.0815. The van der Waals surface area contributed by atoms with Gasteiger partial charge < -0.3 is 4.74 Å². The summed E-state index contributed by atoms with van der Waals surface area (Å²) in [6.45, 7) is 1.82. The fourth-order valence-electron chi connectivity index (χ4n) is 3.19. The van der Waals surface area contributed by atoms with Crippen LogP contribution in [0.15, 0.2) is 77.8 Å². The van der Waals surface area contributed by atoms with Crippen molar-refractivity contribution in [3.05, 3.63) is 84.3 Å². The molecular formula is C23H19FN4O3S. The van der Waals surface area contributed by atoms with Crippen LogP contribution in [0.1, 0.15) is 12.5 Å². The van der Waals surface area contributed by atoms with E-state index in [0.717, 1.165) is 16.6 Å². The summed E-state index contributed by atoms with van der Waals surface area (Å²) >= 11 is 0. The molecule has 3 aromatic carbocycles. The lowest BCUT2D eigenvalue weighted by Crippen LogP contribution is -2.36. The number of fused-ring (bicyclic) bond motifs is 1. The maximum atomic E-state index is 13.2. The maximum absolute atomic E-state index is 13.2. The minimum atomic E-state index is -3.73. The SMILES string of the molecule is C[C@@H](COc1ccc2c(cnn2-c2ccc(F)cc2)c1)NS(=O)(=O)c1ccc(C#N)cc1. The summed E-state index contributed by atoms with van der Waals surface area (Å²) in [4.78, 5) is 0.0815. The predicted molar refractivity (Wildman–Crippen MR) is 117 cm³/mol. The molecule has 4 aromatic rings. The van der Waals surface area contributed by atoms with Crippen LogP contribution in [0.25, 0.3) is 16.6 Å². The van der Waals surface area contributed by atoms with Crippen molar-refractivity contribution in [1.29, 1.82) is 5.26 Å². The molecule has 32 heavy (non-hydrogen) atoms. The Morgan fingerprint density at radius 2 is 1.84 bits per heavy atom. The number of hydrogen-bond acceptors (Lipinski definition) is 5. The molecule has 0 spiro atoms. The molecule has 0 fully saturated rings. The number of nitrogens with zero attached hydrogens (tertiary/aromatic N) is 3. The van der Waals surface area contributed by atoms with Crippen molar-refractivity contribution in [2.24, 2.45) is 0 Å². The number of nitriles is 1. The third-order valence-corrected chi connectivity index (χ3v) is 6.37. The Morgan fingerprint density at radius 1 is 1.12 bits per heavy atom. The summed E-state index contributed by atoms with van der Waals surface area (Å²) < 4.78 is 48.2. The first-order valence-corrected chi connectivity index (χ1v) is 11.2. The van der Waals surface area contributed by atoms with Crippen molar-refractivity contribution >= 4 is 20.9 Å². The van der Waals surface area contributed by atoms with Crippen LogP contribution in [0.2, 0.25) is 0 Å². The van der Waals surface area contributed by atoms with Crippen molar-refractivity contribution in [2.75, 3.05) is 6.61 Å². The third-order valence-electron chi connectivity index (χ3n) is 4.76. The summed E-state index contributed by atoms with van der Waals surface area (Å²) in [5.74, 6) is 0.255. The topological polar surface area (TPSA) is 97.0 Å². The molecule has 4 rings (SSSR count). The van der Waals surface area contributed by atoms with E-state index in [-0.39, 0.29) is 17.3 Å². The molecule has 1 aromatic heterocycles. The normalized spacial score (nSPS) is 12.4. The van der Waals surface area contributed by atoms with Gasteiger partial charge >= 0.3 is 0 Å². The van der Waals surface area contributed by atoms with Gasteiger partial charge in [-0.05, 0) is 73.7 Å². The Labute approximate surface area is 184 Å². The Morgan fingerprint density at radius 3 is 2.53 bits per heavy atom. The van der Waals surface area contributed by atoms with Crippen LogP contribution in [-0.4, -0.2) is 30.8 Å². The average molecular weight is 450 g/mol. The molecule has 0 saturated carbocycles. The zero-order valence-electron chi connectivity index (χ0n) is 17.1. The lowest BCUT2D eigenvalue weighted by molar-refractivity contribution is 0.288. The van der Waals surface area contributed by atoms with E-state index >= 15 is 0 Å². The molecule has 0 saturated heterocycles. The molecule has 0 aliphatic heterocycles. The van der Waals surface area contributed by atoms with Gasteiger partial charge in [0, 0.05) is 5.39 Å². The van der Waals surface area contributed by atoms with Gasteiger partial charge in [0.15, 0.2) is 0 Å². The summed E-state index contributed by atoms with van der Waals surface area (Å²) in [5, 5.41) is 14.0. The smallest absolute Gasteiger partial charge is 0.240 e. The Balaban J connectivity index is 1.42. The van der Waals surface area contributed by atoms with E-state index in [1.807, 2.05) is 18.2 Å². The molecule has 1 atom stereocenters. The molecule has 0 aliphatic rings. The van der Waals surface area contributed by atoms with Gasteiger partial charge in [0.1, 0.15) is 18.2 Å². The van der Waals surface area contributed by atoms with Gasteiger partial charge in [-0.2, -0.15) is 10.4 Å². The van der Waals surface area contributed by atoms with Crippen LogP contribution in [0.3, 0.4) is 0 Å². The summed E-state index contributed by atoms with van der Waals surface area (Å²) in [7, 11) is -3.73. The molecule has 0 unspecified atom stereocenters. The zero-order chi connectivity index (χ0) is 22.7. The first-order valence-electron chi connectivity index (χ1n) is 9.75. The van der Waals surface area contributed by atoms with Crippen molar-refractivity contribution < 1.29 is 17.5 Å². The van der Waals surface area contributed by atoms with E-state index in [4.69, 9.17) is 10.00 Å². The van der Waals surface area contributed by atoms with E-state index in [9.17, 15) is 12.8 Å². The monoisotopic (exact) mass is 450 g/mol. The highest BCUT2D eigenvalue weighted by Gasteiger charge is 2.18. The van der Waals surface area contributed by atoms with Crippen LogP contribution in [-0.2, 0) is 10.0 Å². The minimum Gasteiger partial charge on any atom is -0.492 e. The van der Waals surface area contributed by atoms with Gasteiger partial charge in [0.2, 0.25) is 10.0 Å². The molecule has 1 N–H and O–H groups in total. The van der Waals surface area contributed by atoms with Gasteiger partial charge in [-0.25, -0.2) is 22.2 Å². The van der Waals surface area contributed by atoms with Crippen LogP contribution in [0, 0.1) is 17.1 Å². The predicted octanol–water partition coefficient (Wildman–Crippen LogP) is 3.78. The molecule has 0 amide bonds. The number of nitrogens with one attached hydrogen (secondary N) is 1. The van der Waals surface area contributed by atoms with Crippen LogP contribution < -0.4 is 9.46 Å². The summed E-state index contributed by atoms with van der Waals surface area (Å²) in [6, 6.07) is 18.6. The second kappa shape index (κ2) is 8.78. The fraction of sp³-hybridized carbons (Fsp3) is 0.130. The quantitative estimate of drug-likeness (QED) is 0.462. The number of rotatable bonds is 7. The molecule has 162 valence electrons. The van der Waals surface area contributed by atoms with Crippen LogP contribution in [0.5, 0.6) is 5.75 Å². The maximum Gasteiger partial charge on any atom is 0.240 e. The first-order chi connectivity index (χ1) is 15.4. The number of sulfonamides is 1. The van der Waals surface area contributed by atoms with Gasteiger partial charge in [-0.15, -0.1) is 0 Å². The molecule has 0 radical (unpaired) electrons. The highest BCUT2D eigenvalue weighted by Crippen LogP contribution is 2.23. The molecule has 1 heterocycles. The van der Waals surface area contributed by atoms with Gasteiger partial charge in [0.25, 0.3) is 0 Å². The van der Waals surface area contributed by atoms with Crippen molar-refractivity contribution in [2.45, 2.75) is 17.9 Å². The van der Waals surface area contributed by atoms with E-state index < -0.39 is 16.1 Å². The summed E-state index contributed by atoms with van der Waals surface area (Å²) in [5.41, 5.74) is 1.96. The molecular weight excluding hydrogens is 431 g/mol. The van der Waals surface area contributed by atoms with Crippen molar-refractivity contribution in [1.82, 2.24) is 14.5 Å². The van der Waals surface area contributed by atoms with Crippen molar-refractivity contribution in [3.63, 3.8) is 0 Å². The van der Waals surface area contributed by atoms with E-state index in [0.29, 0.717) is 11.3 Å². The van der Waals surface area contributed by atoms with Crippen LogP contribution in [0.4, 0.5) is 4.39 Å². The fourth-order valence-corrected chi connectivity index (χ4v) is 4.41. The zero-order valence-corrected chi connectivity index (χ0v) is 17.9. The van der Waals surface area contributed by atoms with Gasteiger partial charge in [-0.1, -0.05) is 0 Å². The second-order valence-electron chi connectivity index (χ2n) is 7.22. The Kier molecular flexibility index (Phi) is 5.90. The lowest BCUT2D eigenvalue weighted by Gasteiger charge is -2.15.